The van der Waals surface area contributed by atoms with Crippen molar-refractivity contribution < 1.29 is 22.3 Å². The van der Waals surface area contributed by atoms with Crippen LogP contribution in [0.3, 0.4) is 0 Å². The van der Waals surface area contributed by atoms with Gasteiger partial charge in [0.1, 0.15) is 23.8 Å². The number of sulfonamides is 1. The first-order valence-electron chi connectivity index (χ1n) is 12.6. The molecule has 3 aromatic carbocycles. The number of carbonyl (C=O) groups excluding carboxylic acids is 1. The number of esters is 1. The third kappa shape index (κ3) is 6.59. The van der Waals surface area contributed by atoms with E-state index < -0.39 is 21.4 Å². The zero-order valence-corrected chi connectivity index (χ0v) is 23.9. The van der Waals surface area contributed by atoms with E-state index in [-0.39, 0.29) is 24.0 Å². The van der Waals surface area contributed by atoms with Crippen LogP contribution in [-0.2, 0) is 39.1 Å². The fourth-order valence-electron chi connectivity index (χ4n) is 4.25. The van der Waals surface area contributed by atoms with E-state index >= 15 is 0 Å². The van der Waals surface area contributed by atoms with Gasteiger partial charge in [0, 0.05) is 11.4 Å². The second kappa shape index (κ2) is 11.4. The summed E-state index contributed by atoms with van der Waals surface area (Å²) < 4.78 is 49.8. The highest BCUT2D eigenvalue weighted by atomic mass is 35.5. The molecular weight excluding hydrogens is 541 g/mol. The molecule has 0 saturated heterocycles. The van der Waals surface area contributed by atoms with Gasteiger partial charge in [-0.25, -0.2) is 17.8 Å². The predicted octanol–water partition coefficient (Wildman–Crippen LogP) is 6.52. The van der Waals surface area contributed by atoms with Gasteiger partial charge in [0.05, 0.1) is 28.2 Å². The summed E-state index contributed by atoms with van der Waals surface area (Å²) in [5, 5.41) is 0.421. The maximum Gasteiger partial charge on any atom is 0.326 e. The molecule has 0 N–H and O–H groups in total. The van der Waals surface area contributed by atoms with Crippen LogP contribution in [0, 0.1) is 5.82 Å². The smallest absolute Gasteiger partial charge is 0.326 e. The predicted molar refractivity (Wildman–Crippen MR) is 151 cm³/mol. The summed E-state index contributed by atoms with van der Waals surface area (Å²) in [5.74, 6) is -0.218. The van der Waals surface area contributed by atoms with E-state index in [9.17, 15) is 17.6 Å². The number of imidazole rings is 1. The average Bonchev–Trinajstić information content (AvgIpc) is 3.18. The van der Waals surface area contributed by atoms with Gasteiger partial charge in [0.2, 0.25) is 0 Å². The Morgan fingerprint density at radius 3 is 2.41 bits per heavy atom. The fraction of sp³-hybridized carbons (Fsp3) is 0.310. The zero-order chi connectivity index (χ0) is 28.4. The van der Waals surface area contributed by atoms with Crippen molar-refractivity contribution in [3.8, 4) is 0 Å². The SMILES string of the molecule is CCCc1nc2cc(N(Cc3ccccc3Cl)S(=O)(=O)c3ccc(F)cc3)ccc2n1CC(=O)OC(C)(C)C. The van der Waals surface area contributed by atoms with Gasteiger partial charge in [0.25, 0.3) is 10.0 Å². The Hall–Kier alpha value is -3.43. The molecule has 0 amide bonds. The van der Waals surface area contributed by atoms with Crippen molar-refractivity contribution in [2.45, 2.75) is 64.1 Å². The Balaban J connectivity index is 1.81. The second-order valence-electron chi connectivity index (χ2n) is 10.2. The summed E-state index contributed by atoms with van der Waals surface area (Å²) in [7, 11) is -4.11. The van der Waals surface area contributed by atoms with Gasteiger partial charge in [-0.15, -0.1) is 0 Å². The molecule has 4 rings (SSSR count). The maximum absolute atomic E-state index is 13.8. The summed E-state index contributed by atoms with van der Waals surface area (Å²) >= 11 is 6.39. The topological polar surface area (TPSA) is 81.5 Å². The fourth-order valence-corrected chi connectivity index (χ4v) is 5.88. The summed E-state index contributed by atoms with van der Waals surface area (Å²) in [5.41, 5.74) is 1.56. The summed E-state index contributed by atoms with van der Waals surface area (Å²) in [6, 6.07) is 16.8. The highest BCUT2D eigenvalue weighted by molar-refractivity contribution is 7.92. The standard InChI is InChI=1S/C29H31ClFN3O4S/c1-5-8-27-32-25-17-22(13-16-26(25)33(27)19-28(35)38-29(2,3)4)34(18-20-9-6-7-10-24(20)30)39(36,37)23-14-11-21(31)12-15-23/h6-7,9-17H,5,8,18-19H2,1-4H3. The van der Waals surface area contributed by atoms with Crippen LogP contribution in [0.2, 0.25) is 5.02 Å². The molecule has 0 unspecified atom stereocenters. The Labute approximate surface area is 233 Å². The molecular formula is C29H31ClFN3O4S. The first-order valence-corrected chi connectivity index (χ1v) is 14.4. The molecule has 0 spiro atoms. The highest BCUT2D eigenvalue weighted by Crippen LogP contribution is 2.31. The molecule has 206 valence electrons. The molecule has 0 aliphatic carbocycles. The van der Waals surface area contributed by atoms with Crippen molar-refractivity contribution >= 4 is 44.3 Å². The first-order chi connectivity index (χ1) is 18.4. The third-order valence-electron chi connectivity index (χ3n) is 5.95. The zero-order valence-electron chi connectivity index (χ0n) is 22.3. The average molecular weight is 572 g/mol. The van der Waals surface area contributed by atoms with Crippen molar-refractivity contribution in [3.63, 3.8) is 0 Å². The Morgan fingerprint density at radius 1 is 1.08 bits per heavy atom. The number of rotatable bonds is 9. The Morgan fingerprint density at radius 2 is 1.77 bits per heavy atom. The molecule has 1 aromatic heterocycles. The largest absolute Gasteiger partial charge is 0.459 e. The molecule has 4 aromatic rings. The lowest BCUT2D eigenvalue weighted by Crippen LogP contribution is -2.30. The minimum absolute atomic E-state index is 0.0142. The van der Waals surface area contributed by atoms with Crippen LogP contribution in [-0.4, -0.2) is 29.5 Å². The van der Waals surface area contributed by atoms with Gasteiger partial charge in [-0.1, -0.05) is 36.7 Å². The molecule has 39 heavy (non-hydrogen) atoms. The molecule has 0 fully saturated rings. The molecule has 0 bridgehead atoms. The van der Waals surface area contributed by atoms with E-state index in [2.05, 4.69) is 0 Å². The van der Waals surface area contributed by atoms with Crippen LogP contribution in [0.15, 0.2) is 71.6 Å². The van der Waals surface area contributed by atoms with E-state index in [1.54, 1.807) is 42.5 Å². The summed E-state index contributed by atoms with van der Waals surface area (Å²) in [6.45, 7) is 7.38. The van der Waals surface area contributed by atoms with E-state index in [0.29, 0.717) is 39.6 Å². The van der Waals surface area contributed by atoms with Crippen molar-refractivity contribution in [3.05, 3.63) is 89.0 Å². The minimum atomic E-state index is -4.11. The number of benzene rings is 3. The van der Waals surface area contributed by atoms with E-state index in [1.165, 1.54) is 16.4 Å². The molecule has 7 nitrogen and oxygen atoms in total. The first kappa shape index (κ1) is 28.6. The number of aromatic nitrogens is 2. The van der Waals surface area contributed by atoms with Crippen LogP contribution in [0.1, 0.15) is 45.5 Å². The van der Waals surface area contributed by atoms with Crippen LogP contribution >= 0.6 is 11.6 Å². The molecule has 0 radical (unpaired) electrons. The van der Waals surface area contributed by atoms with E-state index in [0.717, 1.165) is 18.6 Å². The number of anilines is 1. The number of hydrogen-bond acceptors (Lipinski definition) is 5. The third-order valence-corrected chi connectivity index (χ3v) is 8.11. The van der Waals surface area contributed by atoms with Crippen LogP contribution < -0.4 is 4.31 Å². The summed E-state index contributed by atoms with van der Waals surface area (Å²) in [6.07, 6.45) is 1.44. The number of halogens is 2. The molecule has 0 aliphatic rings. The normalized spacial score (nSPS) is 12.1. The lowest BCUT2D eigenvalue weighted by molar-refractivity contribution is -0.155. The quantitative estimate of drug-likeness (QED) is 0.214. The number of hydrogen-bond donors (Lipinski definition) is 0. The Bertz CT molecular complexity index is 1600. The number of aryl methyl sites for hydroxylation is 1. The monoisotopic (exact) mass is 571 g/mol. The number of ether oxygens (including phenoxy) is 1. The number of nitrogens with zero attached hydrogens (tertiary/aromatic N) is 3. The van der Waals surface area contributed by atoms with Crippen molar-refractivity contribution in [2.24, 2.45) is 0 Å². The highest BCUT2D eigenvalue weighted by Gasteiger charge is 2.27. The second-order valence-corrected chi connectivity index (χ2v) is 12.5. The van der Waals surface area contributed by atoms with E-state index in [1.807, 2.05) is 32.3 Å². The minimum Gasteiger partial charge on any atom is -0.459 e. The summed E-state index contributed by atoms with van der Waals surface area (Å²) in [4.78, 5) is 17.3. The maximum atomic E-state index is 13.8. The van der Waals surface area contributed by atoms with Crippen LogP contribution in [0.25, 0.3) is 11.0 Å². The van der Waals surface area contributed by atoms with E-state index in [4.69, 9.17) is 21.3 Å². The lowest BCUT2D eigenvalue weighted by Gasteiger charge is -2.25. The van der Waals surface area contributed by atoms with Crippen LogP contribution in [0.4, 0.5) is 10.1 Å². The van der Waals surface area contributed by atoms with Crippen molar-refractivity contribution in [2.75, 3.05) is 4.31 Å². The molecule has 1 heterocycles. The number of fused-ring (bicyclic) bond motifs is 1. The molecule has 0 aliphatic heterocycles. The molecule has 10 heteroatoms. The lowest BCUT2D eigenvalue weighted by atomic mass is 10.2. The van der Waals surface area contributed by atoms with Gasteiger partial charge in [-0.2, -0.15) is 0 Å². The Kier molecular flexibility index (Phi) is 8.32. The van der Waals surface area contributed by atoms with Crippen molar-refractivity contribution in [1.82, 2.24) is 9.55 Å². The van der Waals surface area contributed by atoms with Gasteiger partial charge in [0.15, 0.2) is 0 Å². The van der Waals surface area contributed by atoms with Gasteiger partial charge >= 0.3 is 5.97 Å². The molecule has 0 saturated carbocycles. The van der Waals surface area contributed by atoms with Gasteiger partial charge in [-0.05, 0) is 81.3 Å². The van der Waals surface area contributed by atoms with Crippen LogP contribution in [0.5, 0.6) is 0 Å². The molecule has 0 atom stereocenters. The van der Waals surface area contributed by atoms with Gasteiger partial charge in [-0.3, -0.25) is 9.10 Å². The van der Waals surface area contributed by atoms with Gasteiger partial charge < -0.3 is 9.30 Å². The van der Waals surface area contributed by atoms with Crippen molar-refractivity contribution in [1.29, 1.82) is 0 Å². The number of carbonyl (C=O) groups is 1.